The molecule has 0 aromatic carbocycles. The molecule has 0 aromatic heterocycles. The number of carbonyl (C=O) groups excluding carboxylic acids is 2. The van der Waals surface area contributed by atoms with Crippen LogP contribution in [0.5, 0.6) is 0 Å². The van der Waals surface area contributed by atoms with Crippen LogP contribution in [-0.2, 0) is 14.4 Å². The van der Waals surface area contributed by atoms with Crippen molar-refractivity contribution in [3.05, 3.63) is 0 Å². The Kier molecular flexibility index (Phi) is 14.9. The van der Waals surface area contributed by atoms with Gasteiger partial charge in [0.1, 0.15) is 6.04 Å². The van der Waals surface area contributed by atoms with Crippen molar-refractivity contribution in [2.45, 2.75) is 103 Å². The van der Waals surface area contributed by atoms with Crippen molar-refractivity contribution in [3.8, 4) is 0 Å². The Morgan fingerprint density at radius 3 is 1.69 bits per heavy atom. The van der Waals surface area contributed by atoms with E-state index in [0.29, 0.717) is 32.2 Å². The van der Waals surface area contributed by atoms with E-state index in [2.05, 4.69) is 13.8 Å². The molecule has 0 fully saturated rings. The van der Waals surface area contributed by atoms with Gasteiger partial charge in [0.05, 0.1) is 0 Å². The average molecular weight is 371 g/mol. The van der Waals surface area contributed by atoms with Crippen LogP contribution in [0.25, 0.3) is 0 Å². The summed E-state index contributed by atoms with van der Waals surface area (Å²) in [5.41, 5.74) is 5.48. The standard InChI is InChI=1S/C20H38N2O4/c1-3-5-7-9-14-18(23)22(19(24)15-10-8-6-4-2)17(20(25)26)13-11-12-16-21/h17H,3-16,21H2,1-2H3,(H,25,26). The number of unbranched alkanes of at least 4 members (excludes halogenated alkanes) is 7. The van der Waals surface area contributed by atoms with E-state index < -0.39 is 12.0 Å². The van der Waals surface area contributed by atoms with Gasteiger partial charge in [-0.05, 0) is 38.6 Å². The van der Waals surface area contributed by atoms with Gasteiger partial charge in [-0.25, -0.2) is 4.79 Å². The van der Waals surface area contributed by atoms with Crippen LogP contribution in [0.1, 0.15) is 97.3 Å². The third-order valence-electron chi connectivity index (χ3n) is 4.55. The van der Waals surface area contributed by atoms with E-state index in [-0.39, 0.29) is 31.1 Å². The van der Waals surface area contributed by atoms with Crippen LogP contribution in [0.2, 0.25) is 0 Å². The molecule has 152 valence electrons. The molecule has 0 aliphatic rings. The average Bonchev–Trinajstić information content (AvgIpc) is 2.61. The van der Waals surface area contributed by atoms with Crippen LogP contribution in [0.4, 0.5) is 0 Å². The summed E-state index contributed by atoms with van der Waals surface area (Å²) >= 11 is 0. The highest BCUT2D eigenvalue weighted by molar-refractivity contribution is 5.99. The first-order valence-electron chi connectivity index (χ1n) is 10.3. The maximum Gasteiger partial charge on any atom is 0.326 e. The molecule has 0 rings (SSSR count). The lowest BCUT2D eigenvalue weighted by molar-refractivity contribution is -0.158. The van der Waals surface area contributed by atoms with E-state index in [0.717, 1.165) is 43.4 Å². The number of hydrogen-bond acceptors (Lipinski definition) is 4. The molecule has 0 heterocycles. The molecule has 0 saturated carbocycles. The van der Waals surface area contributed by atoms with Crippen LogP contribution in [0.15, 0.2) is 0 Å². The fraction of sp³-hybridized carbons (Fsp3) is 0.850. The fourth-order valence-electron chi connectivity index (χ4n) is 2.98. The van der Waals surface area contributed by atoms with Crippen LogP contribution < -0.4 is 5.73 Å². The third-order valence-corrected chi connectivity index (χ3v) is 4.55. The van der Waals surface area contributed by atoms with Gasteiger partial charge >= 0.3 is 5.97 Å². The van der Waals surface area contributed by atoms with Crippen molar-refractivity contribution in [1.29, 1.82) is 0 Å². The van der Waals surface area contributed by atoms with Crippen molar-refractivity contribution in [2.75, 3.05) is 6.54 Å². The van der Waals surface area contributed by atoms with Crippen molar-refractivity contribution in [3.63, 3.8) is 0 Å². The van der Waals surface area contributed by atoms with Gasteiger partial charge in [-0.3, -0.25) is 14.5 Å². The van der Waals surface area contributed by atoms with Gasteiger partial charge < -0.3 is 10.8 Å². The summed E-state index contributed by atoms with van der Waals surface area (Å²) in [6.07, 6.45) is 9.46. The van der Waals surface area contributed by atoms with Crippen molar-refractivity contribution >= 4 is 17.8 Å². The SMILES string of the molecule is CCCCCCC(=O)N(C(=O)CCCCCC)C(CCCCN)C(=O)O. The summed E-state index contributed by atoms with van der Waals surface area (Å²) in [6.45, 7) is 4.65. The summed E-state index contributed by atoms with van der Waals surface area (Å²) in [5.74, 6) is -1.80. The van der Waals surface area contributed by atoms with Crippen LogP contribution in [-0.4, -0.2) is 40.4 Å². The predicted molar refractivity (Wildman–Crippen MR) is 104 cm³/mol. The largest absolute Gasteiger partial charge is 0.480 e. The smallest absolute Gasteiger partial charge is 0.326 e. The van der Waals surface area contributed by atoms with E-state index in [1.54, 1.807) is 0 Å². The Bertz CT molecular complexity index is 389. The zero-order chi connectivity index (χ0) is 19.8. The minimum atomic E-state index is -1.11. The van der Waals surface area contributed by atoms with Gasteiger partial charge in [0.15, 0.2) is 0 Å². The summed E-state index contributed by atoms with van der Waals surface area (Å²) in [4.78, 5) is 38.0. The lowest BCUT2D eigenvalue weighted by atomic mass is 10.0. The first kappa shape index (κ1) is 24.6. The highest BCUT2D eigenvalue weighted by atomic mass is 16.4. The fourth-order valence-corrected chi connectivity index (χ4v) is 2.98. The molecule has 0 saturated heterocycles. The maximum atomic E-state index is 12.6. The summed E-state index contributed by atoms with van der Waals surface area (Å²) in [5, 5.41) is 9.58. The molecule has 0 aromatic rings. The van der Waals surface area contributed by atoms with E-state index in [1.165, 1.54) is 0 Å². The number of carbonyl (C=O) groups is 3. The lowest BCUT2D eigenvalue weighted by Crippen LogP contribution is -2.48. The van der Waals surface area contributed by atoms with Gasteiger partial charge in [0.2, 0.25) is 11.8 Å². The zero-order valence-electron chi connectivity index (χ0n) is 16.7. The second kappa shape index (κ2) is 15.8. The minimum absolute atomic E-state index is 0.237. The predicted octanol–water partition coefficient (Wildman–Crippen LogP) is 3.86. The molecule has 26 heavy (non-hydrogen) atoms. The number of carboxylic acids is 1. The van der Waals surface area contributed by atoms with Gasteiger partial charge in [0.25, 0.3) is 0 Å². The van der Waals surface area contributed by atoms with E-state index >= 15 is 0 Å². The number of carboxylic acid groups (broad SMARTS) is 1. The topological polar surface area (TPSA) is 101 Å². The van der Waals surface area contributed by atoms with E-state index in [4.69, 9.17) is 5.73 Å². The van der Waals surface area contributed by atoms with Crippen LogP contribution in [0, 0.1) is 0 Å². The number of imide groups is 1. The van der Waals surface area contributed by atoms with E-state index in [1.807, 2.05) is 0 Å². The lowest BCUT2D eigenvalue weighted by Gasteiger charge is -2.27. The molecule has 0 bridgehead atoms. The molecule has 2 amide bonds. The maximum absolute atomic E-state index is 12.6. The van der Waals surface area contributed by atoms with Crippen molar-refractivity contribution < 1.29 is 19.5 Å². The number of rotatable bonds is 16. The van der Waals surface area contributed by atoms with Crippen LogP contribution in [0.3, 0.4) is 0 Å². The Labute approximate surface area is 158 Å². The van der Waals surface area contributed by atoms with Gasteiger partial charge in [0, 0.05) is 12.8 Å². The number of nitrogens with two attached hydrogens (primary N) is 1. The van der Waals surface area contributed by atoms with Crippen molar-refractivity contribution in [1.82, 2.24) is 4.90 Å². The highest BCUT2D eigenvalue weighted by Gasteiger charge is 2.33. The first-order chi connectivity index (χ1) is 12.5. The molecule has 0 aliphatic heterocycles. The number of amides is 2. The monoisotopic (exact) mass is 370 g/mol. The minimum Gasteiger partial charge on any atom is -0.480 e. The molecule has 0 aliphatic carbocycles. The molecular formula is C20H38N2O4. The Morgan fingerprint density at radius 1 is 0.808 bits per heavy atom. The van der Waals surface area contributed by atoms with Crippen LogP contribution >= 0.6 is 0 Å². The quantitative estimate of drug-likeness (QED) is 0.402. The van der Waals surface area contributed by atoms with Gasteiger partial charge in [-0.1, -0.05) is 52.4 Å². The molecule has 6 nitrogen and oxygen atoms in total. The highest BCUT2D eigenvalue weighted by Crippen LogP contribution is 2.16. The summed E-state index contributed by atoms with van der Waals surface area (Å²) < 4.78 is 0. The molecule has 1 unspecified atom stereocenters. The normalized spacial score (nSPS) is 12.0. The Balaban J connectivity index is 4.99. The first-order valence-corrected chi connectivity index (χ1v) is 10.3. The Hall–Kier alpha value is -1.43. The Morgan fingerprint density at radius 2 is 1.31 bits per heavy atom. The molecule has 3 N–H and O–H groups in total. The number of hydrogen-bond donors (Lipinski definition) is 2. The third kappa shape index (κ3) is 10.5. The molecule has 1 atom stereocenters. The zero-order valence-corrected chi connectivity index (χ0v) is 16.7. The second-order valence-corrected chi connectivity index (χ2v) is 6.92. The summed E-state index contributed by atoms with van der Waals surface area (Å²) in [6, 6.07) is -1.07. The molecule has 0 radical (unpaired) electrons. The number of nitrogens with zero attached hydrogens (tertiary/aromatic N) is 1. The van der Waals surface area contributed by atoms with E-state index in [9.17, 15) is 19.5 Å². The van der Waals surface area contributed by atoms with Gasteiger partial charge in [-0.2, -0.15) is 0 Å². The molecule has 6 heteroatoms. The second-order valence-electron chi connectivity index (χ2n) is 6.92. The van der Waals surface area contributed by atoms with Gasteiger partial charge in [-0.15, -0.1) is 0 Å². The molecule has 0 spiro atoms. The van der Waals surface area contributed by atoms with Crippen molar-refractivity contribution in [2.24, 2.45) is 5.73 Å². The summed E-state index contributed by atoms with van der Waals surface area (Å²) in [7, 11) is 0. The molecular weight excluding hydrogens is 332 g/mol. The number of aliphatic carboxylic acids is 1.